The third-order valence-corrected chi connectivity index (χ3v) is 3.70. The van der Waals surface area contributed by atoms with Crippen molar-refractivity contribution in [3.05, 3.63) is 45.5 Å². The summed E-state index contributed by atoms with van der Waals surface area (Å²) in [5, 5.41) is 14.5. The van der Waals surface area contributed by atoms with E-state index in [9.17, 15) is 5.11 Å². The Morgan fingerprint density at radius 1 is 1.26 bits per heavy atom. The van der Waals surface area contributed by atoms with E-state index in [1.165, 1.54) is 0 Å². The first kappa shape index (κ1) is 14.3. The fraction of sp³-hybridized carbons (Fsp3) is 0.385. The molecular weight excluding hydrogens is 287 g/mol. The molecule has 2 aromatic rings. The van der Waals surface area contributed by atoms with E-state index in [2.05, 4.69) is 10.1 Å². The molecule has 0 amide bonds. The van der Waals surface area contributed by atoms with Crippen molar-refractivity contribution in [1.82, 2.24) is 10.1 Å². The average molecular weight is 301 g/mol. The van der Waals surface area contributed by atoms with Crippen LogP contribution in [0.2, 0.25) is 10.0 Å². The molecule has 4 nitrogen and oxygen atoms in total. The van der Waals surface area contributed by atoms with Crippen LogP contribution >= 0.6 is 23.2 Å². The fourth-order valence-corrected chi connectivity index (χ4v) is 2.12. The van der Waals surface area contributed by atoms with Gasteiger partial charge in [0.05, 0.1) is 12.0 Å². The van der Waals surface area contributed by atoms with Gasteiger partial charge in [0.1, 0.15) is 0 Å². The zero-order chi connectivity index (χ0) is 14.0. The lowest BCUT2D eigenvalue weighted by Gasteiger charge is -2.08. The van der Waals surface area contributed by atoms with Gasteiger partial charge >= 0.3 is 0 Å². The summed E-state index contributed by atoms with van der Waals surface area (Å²) in [7, 11) is 0. The van der Waals surface area contributed by atoms with E-state index in [1.807, 2.05) is 6.92 Å². The van der Waals surface area contributed by atoms with Crippen LogP contribution in [0.5, 0.6) is 0 Å². The molecule has 0 aliphatic carbocycles. The van der Waals surface area contributed by atoms with Crippen LogP contribution in [0.3, 0.4) is 0 Å². The summed E-state index contributed by atoms with van der Waals surface area (Å²) >= 11 is 12.2. The minimum absolute atomic E-state index is 0.206. The molecule has 1 aromatic carbocycles. The molecule has 0 saturated heterocycles. The summed E-state index contributed by atoms with van der Waals surface area (Å²) in [4.78, 5) is 4.25. The van der Waals surface area contributed by atoms with Gasteiger partial charge < -0.3 is 9.63 Å². The largest absolute Gasteiger partial charge is 0.393 e. The van der Waals surface area contributed by atoms with Crippen molar-refractivity contribution in [2.75, 3.05) is 0 Å². The second-order valence-electron chi connectivity index (χ2n) is 4.46. The highest BCUT2D eigenvalue weighted by Gasteiger charge is 2.19. The molecule has 2 unspecified atom stereocenters. The van der Waals surface area contributed by atoms with Gasteiger partial charge in [-0.05, 0) is 24.6 Å². The van der Waals surface area contributed by atoms with Crippen LogP contribution in [-0.4, -0.2) is 21.4 Å². The van der Waals surface area contributed by atoms with E-state index < -0.39 is 6.10 Å². The number of aliphatic hydroxyl groups excluding tert-OH is 1. The Bertz CT molecular complexity index is 549. The highest BCUT2D eigenvalue weighted by Crippen LogP contribution is 2.26. The summed E-state index contributed by atoms with van der Waals surface area (Å²) in [6, 6.07) is 5.32. The smallest absolute Gasteiger partial charge is 0.232 e. The van der Waals surface area contributed by atoms with Gasteiger partial charge in [-0.1, -0.05) is 41.3 Å². The zero-order valence-electron chi connectivity index (χ0n) is 10.6. The van der Waals surface area contributed by atoms with Crippen LogP contribution in [0.4, 0.5) is 0 Å². The van der Waals surface area contributed by atoms with E-state index in [4.69, 9.17) is 27.7 Å². The second kappa shape index (κ2) is 5.90. The summed E-state index contributed by atoms with van der Waals surface area (Å²) < 4.78 is 5.13. The van der Waals surface area contributed by atoms with Crippen LogP contribution in [0, 0.1) is 0 Å². The highest BCUT2D eigenvalue weighted by atomic mass is 35.5. The Morgan fingerprint density at radius 3 is 2.47 bits per heavy atom. The standard InChI is InChI=1S/C13H14Cl2N2O2/c1-7(8(2)18)13-16-12(17-19-13)6-9-10(14)4-3-5-11(9)15/h3-5,7-8,18H,6H2,1-2H3. The summed E-state index contributed by atoms with van der Waals surface area (Å²) in [5.41, 5.74) is 0.767. The first-order valence-electron chi connectivity index (χ1n) is 5.92. The highest BCUT2D eigenvalue weighted by molar-refractivity contribution is 6.36. The maximum atomic E-state index is 9.49. The topological polar surface area (TPSA) is 59.2 Å². The molecule has 6 heteroatoms. The van der Waals surface area contributed by atoms with Crippen LogP contribution in [0.25, 0.3) is 0 Å². The number of hydrogen-bond donors (Lipinski definition) is 1. The Hall–Kier alpha value is -1.10. The monoisotopic (exact) mass is 300 g/mol. The third-order valence-electron chi connectivity index (χ3n) is 2.99. The molecule has 102 valence electrons. The molecule has 0 fully saturated rings. The van der Waals surface area contributed by atoms with Gasteiger partial charge in [0.2, 0.25) is 5.89 Å². The molecule has 1 heterocycles. The maximum absolute atomic E-state index is 9.49. The van der Waals surface area contributed by atoms with Crippen molar-refractivity contribution in [1.29, 1.82) is 0 Å². The molecule has 0 bridgehead atoms. The second-order valence-corrected chi connectivity index (χ2v) is 5.27. The predicted octanol–water partition coefficient (Wildman–Crippen LogP) is 3.45. The predicted molar refractivity (Wildman–Crippen MR) is 73.7 cm³/mol. The molecule has 19 heavy (non-hydrogen) atoms. The van der Waals surface area contributed by atoms with Gasteiger partial charge in [0.25, 0.3) is 0 Å². The van der Waals surface area contributed by atoms with Crippen molar-refractivity contribution >= 4 is 23.2 Å². The molecule has 0 aliphatic rings. The van der Waals surface area contributed by atoms with Gasteiger partial charge in [-0.25, -0.2) is 0 Å². The minimum atomic E-state index is -0.544. The molecule has 1 N–H and O–H groups in total. The lowest BCUT2D eigenvalue weighted by Crippen LogP contribution is -2.11. The third kappa shape index (κ3) is 3.26. The molecule has 0 radical (unpaired) electrons. The Morgan fingerprint density at radius 2 is 1.89 bits per heavy atom. The maximum Gasteiger partial charge on any atom is 0.232 e. The zero-order valence-corrected chi connectivity index (χ0v) is 12.1. The number of rotatable bonds is 4. The quantitative estimate of drug-likeness (QED) is 0.939. The molecule has 0 saturated carbocycles. The molecule has 0 aliphatic heterocycles. The molecule has 2 rings (SSSR count). The fourth-order valence-electron chi connectivity index (χ4n) is 1.59. The van der Waals surface area contributed by atoms with Gasteiger partial charge in [0.15, 0.2) is 5.82 Å². The number of hydrogen-bond acceptors (Lipinski definition) is 4. The normalized spacial score (nSPS) is 14.4. The number of benzene rings is 1. The molecule has 2 atom stereocenters. The van der Waals surface area contributed by atoms with Gasteiger partial charge in [-0.2, -0.15) is 4.98 Å². The van der Waals surface area contributed by atoms with Gasteiger partial charge in [0, 0.05) is 16.5 Å². The summed E-state index contributed by atoms with van der Waals surface area (Å²) in [6.07, 6.45) is -0.147. The van der Waals surface area contributed by atoms with Crippen LogP contribution < -0.4 is 0 Å². The summed E-state index contributed by atoms with van der Waals surface area (Å²) in [6.45, 7) is 3.50. The van der Waals surface area contributed by atoms with Crippen molar-refractivity contribution in [3.8, 4) is 0 Å². The first-order chi connectivity index (χ1) is 8.99. The van der Waals surface area contributed by atoms with Crippen molar-refractivity contribution in [3.63, 3.8) is 0 Å². The number of aromatic nitrogens is 2. The minimum Gasteiger partial charge on any atom is -0.393 e. The van der Waals surface area contributed by atoms with Crippen molar-refractivity contribution in [2.24, 2.45) is 0 Å². The van der Waals surface area contributed by atoms with E-state index in [0.717, 1.165) is 5.56 Å². The average Bonchev–Trinajstić information content (AvgIpc) is 2.81. The molecule has 0 spiro atoms. The number of halogens is 2. The van der Waals surface area contributed by atoms with Crippen LogP contribution in [-0.2, 0) is 6.42 Å². The SMILES string of the molecule is CC(O)C(C)c1nc(Cc2c(Cl)cccc2Cl)no1. The number of aliphatic hydroxyl groups is 1. The number of nitrogens with zero attached hydrogens (tertiary/aromatic N) is 2. The van der Waals surface area contributed by atoms with Crippen molar-refractivity contribution in [2.45, 2.75) is 32.3 Å². The van der Waals surface area contributed by atoms with E-state index >= 15 is 0 Å². The van der Waals surface area contributed by atoms with Crippen molar-refractivity contribution < 1.29 is 9.63 Å². The van der Waals surface area contributed by atoms with Crippen LogP contribution in [0.15, 0.2) is 22.7 Å². The lowest BCUT2D eigenvalue weighted by atomic mass is 10.1. The van der Waals surface area contributed by atoms with E-state index in [-0.39, 0.29) is 5.92 Å². The van der Waals surface area contributed by atoms with Crippen LogP contribution in [0.1, 0.15) is 37.0 Å². The molecule has 1 aromatic heterocycles. The Balaban J connectivity index is 2.21. The molecular formula is C13H14Cl2N2O2. The van der Waals surface area contributed by atoms with Gasteiger partial charge in [-0.15, -0.1) is 0 Å². The lowest BCUT2D eigenvalue weighted by molar-refractivity contribution is 0.151. The first-order valence-corrected chi connectivity index (χ1v) is 6.68. The van der Waals surface area contributed by atoms with Gasteiger partial charge in [-0.3, -0.25) is 0 Å². The van der Waals surface area contributed by atoms with E-state index in [1.54, 1.807) is 25.1 Å². The van der Waals surface area contributed by atoms with E-state index in [0.29, 0.717) is 28.2 Å². The summed E-state index contributed by atoms with van der Waals surface area (Å²) in [5.74, 6) is 0.702. The Labute approximate surface area is 121 Å². The Kier molecular flexibility index (Phi) is 4.45.